The van der Waals surface area contributed by atoms with E-state index in [4.69, 9.17) is 21.1 Å². The van der Waals surface area contributed by atoms with Crippen LogP contribution in [-0.4, -0.2) is 47.0 Å². The highest BCUT2D eigenvalue weighted by Gasteiger charge is 2.75. The topological polar surface area (TPSA) is 88.0 Å². The number of rotatable bonds is 3. The van der Waals surface area contributed by atoms with Crippen LogP contribution in [0.5, 0.6) is 5.75 Å². The average molecular weight is 442 g/mol. The van der Waals surface area contributed by atoms with Gasteiger partial charge in [0.1, 0.15) is 24.1 Å². The van der Waals surface area contributed by atoms with Crippen LogP contribution in [0.2, 0.25) is 5.02 Å². The summed E-state index contributed by atoms with van der Waals surface area (Å²) in [5.74, 6) is 0.755. The summed E-state index contributed by atoms with van der Waals surface area (Å²) >= 11 is 6.50. The maximum Gasteiger partial charge on any atom is 0.174 e. The van der Waals surface area contributed by atoms with Crippen LogP contribution in [0.15, 0.2) is 36.4 Å². The number of carbonyl (C=O) groups excluding carboxylic acids is 1. The van der Waals surface area contributed by atoms with Crippen molar-refractivity contribution in [3.05, 3.63) is 58.1 Å². The third-order valence-electron chi connectivity index (χ3n) is 7.24. The molecule has 6 rings (SSSR count). The molecule has 2 saturated carbocycles. The molecule has 3 fully saturated rings. The van der Waals surface area contributed by atoms with Crippen molar-refractivity contribution in [2.24, 2.45) is 5.41 Å². The molecule has 2 heterocycles. The Labute approximate surface area is 185 Å². The number of benzene rings is 2. The quantitative estimate of drug-likeness (QED) is 0.678. The van der Waals surface area contributed by atoms with Crippen LogP contribution < -0.4 is 10.1 Å². The van der Waals surface area contributed by atoms with Gasteiger partial charge >= 0.3 is 0 Å². The van der Waals surface area contributed by atoms with Gasteiger partial charge in [-0.3, -0.25) is 4.79 Å². The molecule has 0 radical (unpaired) electrons. The number of ketones is 1. The molecule has 4 aliphatic rings. The Kier molecular flexibility index (Phi) is 4.22. The fourth-order valence-electron chi connectivity index (χ4n) is 5.15. The lowest BCUT2D eigenvalue weighted by Gasteiger charge is -2.39. The van der Waals surface area contributed by atoms with Crippen LogP contribution in [0.3, 0.4) is 0 Å². The minimum absolute atomic E-state index is 0.0897. The number of carbonyl (C=O) groups is 1. The minimum atomic E-state index is -1.01. The number of hydrogen-bond acceptors (Lipinski definition) is 6. The number of aliphatic hydroxyl groups excluding tert-OH is 2. The van der Waals surface area contributed by atoms with E-state index in [0.717, 1.165) is 34.7 Å². The summed E-state index contributed by atoms with van der Waals surface area (Å²) in [7, 11) is 0. The highest BCUT2D eigenvalue weighted by Crippen LogP contribution is 2.64. The number of hydrogen-bond donors (Lipinski definition) is 3. The van der Waals surface area contributed by atoms with Crippen molar-refractivity contribution >= 4 is 23.1 Å². The third kappa shape index (κ3) is 2.93. The van der Waals surface area contributed by atoms with Gasteiger partial charge in [0.2, 0.25) is 0 Å². The van der Waals surface area contributed by atoms with Crippen LogP contribution in [0.25, 0.3) is 0 Å². The van der Waals surface area contributed by atoms with Crippen molar-refractivity contribution in [2.45, 2.75) is 49.6 Å². The first kappa shape index (κ1) is 19.6. The maximum absolute atomic E-state index is 13.2. The zero-order valence-electron chi connectivity index (χ0n) is 16.9. The van der Waals surface area contributed by atoms with E-state index >= 15 is 0 Å². The van der Waals surface area contributed by atoms with Gasteiger partial charge in [-0.15, -0.1) is 0 Å². The smallest absolute Gasteiger partial charge is 0.174 e. The van der Waals surface area contributed by atoms with E-state index in [-0.39, 0.29) is 5.78 Å². The van der Waals surface area contributed by atoms with E-state index < -0.39 is 29.3 Å². The Morgan fingerprint density at radius 3 is 2.71 bits per heavy atom. The predicted octanol–water partition coefficient (Wildman–Crippen LogP) is 3.02. The summed E-state index contributed by atoms with van der Waals surface area (Å²) in [6, 6.07) is 11.6. The van der Waals surface area contributed by atoms with Crippen LogP contribution >= 0.6 is 11.6 Å². The highest BCUT2D eigenvalue weighted by molar-refractivity contribution is 6.31. The highest BCUT2D eigenvalue weighted by atomic mass is 35.5. The lowest BCUT2D eigenvalue weighted by Crippen LogP contribution is -2.53. The van der Waals surface area contributed by atoms with Crippen LogP contribution in [0.4, 0.5) is 5.69 Å². The molecule has 4 atom stereocenters. The number of nitrogens with one attached hydrogen (secondary N) is 1. The second-order valence-corrected chi connectivity index (χ2v) is 9.64. The van der Waals surface area contributed by atoms with E-state index in [9.17, 15) is 15.0 Å². The van der Waals surface area contributed by atoms with Crippen molar-refractivity contribution in [3.8, 4) is 5.75 Å². The normalized spacial score (nSPS) is 32.4. The molecule has 2 aromatic rings. The van der Waals surface area contributed by atoms with E-state index in [1.165, 1.54) is 0 Å². The molecule has 6 nitrogen and oxygen atoms in total. The fraction of sp³-hybridized carbons (Fsp3) is 0.458. The van der Waals surface area contributed by atoms with Crippen molar-refractivity contribution < 1.29 is 24.5 Å². The zero-order chi connectivity index (χ0) is 21.4. The summed E-state index contributed by atoms with van der Waals surface area (Å²) < 4.78 is 11.7. The van der Waals surface area contributed by atoms with Gasteiger partial charge in [0, 0.05) is 18.0 Å². The zero-order valence-corrected chi connectivity index (χ0v) is 17.7. The second kappa shape index (κ2) is 6.69. The Morgan fingerprint density at radius 2 is 1.97 bits per heavy atom. The Balaban J connectivity index is 1.31. The van der Waals surface area contributed by atoms with Crippen molar-refractivity contribution in [3.63, 3.8) is 0 Å². The Bertz CT molecular complexity index is 1080. The second-order valence-electron chi connectivity index (χ2n) is 9.23. The van der Waals surface area contributed by atoms with E-state index in [1.807, 2.05) is 24.3 Å². The molecule has 1 saturated heterocycles. The molecule has 2 spiro atoms. The number of aliphatic hydroxyl groups is 2. The van der Waals surface area contributed by atoms with Crippen LogP contribution in [-0.2, 0) is 16.0 Å². The first-order valence-corrected chi connectivity index (χ1v) is 11.2. The monoisotopic (exact) mass is 441 g/mol. The summed E-state index contributed by atoms with van der Waals surface area (Å²) in [6.07, 6.45) is -0.201. The van der Waals surface area contributed by atoms with E-state index in [0.29, 0.717) is 37.3 Å². The van der Waals surface area contributed by atoms with Gasteiger partial charge in [-0.2, -0.15) is 0 Å². The van der Waals surface area contributed by atoms with Crippen LogP contribution in [0, 0.1) is 5.41 Å². The molecular weight excluding hydrogens is 418 g/mol. The van der Waals surface area contributed by atoms with Gasteiger partial charge in [0.15, 0.2) is 5.78 Å². The van der Waals surface area contributed by atoms with E-state index in [2.05, 4.69) is 11.4 Å². The van der Waals surface area contributed by atoms with Crippen molar-refractivity contribution in [2.75, 3.05) is 18.5 Å². The first-order chi connectivity index (χ1) is 14.9. The van der Waals surface area contributed by atoms with E-state index in [1.54, 1.807) is 6.07 Å². The molecule has 7 heteroatoms. The van der Waals surface area contributed by atoms with Gasteiger partial charge < -0.3 is 25.0 Å². The number of halogens is 1. The van der Waals surface area contributed by atoms with Gasteiger partial charge in [0.05, 0.1) is 23.3 Å². The Morgan fingerprint density at radius 1 is 1.16 bits per heavy atom. The number of fused-ring (bicyclic) bond motifs is 1. The predicted molar refractivity (Wildman–Crippen MR) is 115 cm³/mol. The summed E-state index contributed by atoms with van der Waals surface area (Å²) in [4.78, 5) is 13.2. The third-order valence-corrected chi connectivity index (χ3v) is 7.61. The van der Waals surface area contributed by atoms with Gasteiger partial charge in [-0.25, -0.2) is 0 Å². The molecule has 2 aliphatic carbocycles. The molecular formula is C24H24ClNO5. The minimum Gasteiger partial charge on any atom is -0.490 e. The molecule has 0 bridgehead atoms. The molecule has 2 aromatic carbocycles. The molecule has 1 unspecified atom stereocenters. The molecule has 31 heavy (non-hydrogen) atoms. The van der Waals surface area contributed by atoms with Gasteiger partial charge in [-0.05, 0) is 54.2 Å². The van der Waals surface area contributed by atoms with Gasteiger partial charge in [0.25, 0.3) is 0 Å². The molecule has 0 amide bonds. The lowest BCUT2D eigenvalue weighted by molar-refractivity contribution is -0.191. The molecule has 3 N–H and O–H groups in total. The molecule has 162 valence electrons. The summed E-state index contributed by atoms with van der Waals surface area (Å²) in [5.41, 5.74) is 1.88. The largest absolute Gasteiger partial charge is 0.490 e. The number of Topliss-reactive ketones (excluding diaryl/α,β-unsaturated/α-hetero) is 1. The lowest BCUT2D eigenvalue weighted by atomic mass is 9.80. The van der Waals surface area contributed by atoms with Gasteiger partial charge in [-0.1, -0.05) is 29.8 Å². The molecule has 2 aliphatic heterocycles. The standard InChI is InChI=1S/C24H24ClNO5/c25-16-3-2-14(11-15(16)9-13-1-4-18-17(10-13)26-7-8-30-18)20-21(28)23(5-6-23)22(29)24(31-20)12-19(24)27/h1-4,10-11,19-20,22,26-27,29H,5-9,12H2/t19-,20+,22+,24?/m1/s1. The maximum atomic E-state index is 13.2. The molecule has 0 aromatic heterocycles. The average Bonchev–Trinajstić information content (AvgIpc) is 3.69. The van der Waals surface area contributed by atoms with Crippen molar-refractivity contribution in [1.29, 1.82) is 0 Å². The fourth-order valence-corrected chi connectivity index (χ4v) is 5.33. The Hall–Kier alpha value is -2.12. The SMILES string of the molecule is O=C1[C@H](c2ccc(Cl)c(Cc3ccc4c(c3)NCCO4)c2)OC2(C[C@H]2O)[C@@H](O)C12CC2. The number of anilines is 1. The number of ether oxygens (including phenoxy) is 2. The first-order valence-electron chi connectivity index (χ1n) is 10.8. The summed E-state index contributed by atoms with van der Waals surface area (Å²) in [6.45, 7) is 1.43. The van der Waals surface area contributed by atoms with Crippen LogP contribution in [0.1, 0.15) is 42.1 Å². The van der Waals surface area contributed by atoms with Crippen molar-refractivity contribution in [1.82, 2.24) is 0 Å². The summed E-state index contributed by atoms with van der Waals surface area (Å²) in [5, 5.41) is 24.9.